The highest BCUT2D eigenvalue weighted by Crippen LogP contribution is 2.24. The Bertz CT molecular complexity index is 569. The lowest BCUT2D eigenvalue weighted by molar-refractivity contribution is 0.0868. The first-order valence-electron chi connectivity index (χ1n) is 8.43. The number of rotatable bonds is 6. The number of ether oxygens (including phenoxy) is 1. The first-order valence-corrected chi connectivity index (χ1v) is 8.43. The van der Waals surface area contributed by atoms with Crippen LogP contribution >= 0.6 is 0 Å². The van der Waals surface area contributed by atoms with E-state index in [-0.39, 0.29) is 0 Å². The van der Waals surface area contributed by atoms with Gasteiger partial charge in [-0.25, -0.2) is 0 Å². The van der Waals surface area contributed by atoms with Gasteiger partial charge in [0.1, 0.15) is 11.6 Å². The van der Waals surface area contributed by atoms with Crippen LogP contribution < -0.4 is 4.90 Å². The third-order valence-corrected chi connectivity index (χ3v) is 4.65. The number of aromatic nitrogens is 2. The van der Waals surface area contributed by atoms with Crippen LogP contribution in [-0.2, 0) is 4.74 Å². The van der Waals surface area contributed by atoms with Gasteiger partial charge in [0.15, 0.2) is 5.82 Å². The minimum Gasteiger partial charge on any atom is -0.380 e. The molecule has 0 unspecified atom stereocenters. The number of aryl methyl sites for hydroxylation is 1. The highest BCUT2D eigenvalue weighted by Gasteiger charge is 2.28. The normalized spacial score (nSPS) is 18.9. The Hall–Kier alpha value is -1.71. The summed E-state index contributed by atoms with van der Waals surface area (Å²) in [5, 5.41) is 18.0. The van der Waals surface area contributed by atoms with Crippen LogP contribution in [0.4, 0.5) is 5.82 Å². The van der Waals surface area contributed by atoms with Gasteiger partial charge in [0, 0.05) is 38.8 Å². The predicted octanol–water partition coefficient (Wildman–Crippen LogP) is 1.90. The summed E-state index contributed by atoms with van der Waals surface area (Å²) in [7, 11) is 0. The van der Waals surface area contributed by atoms with Crippen LogP contribution in [0.1, 0.15) is 37.1 Å². The van der Waals surface area contributed by atoms with Crippen LogP contribution in [0.25, 0.3) is 0 Å². The highest BCUT2D eigenvalue weighted by atomic mass is 16.5. The van der Waals surface area contributed by atoms with Crippen LogP contribution in [0, 0.1) is 25.2 Å². The van der Waals surface area contributed by atoms with Crippen LogP contribution in [0.2, 0.25) is 0 Å². The van der Waals surface area contributed by atoms with Gasteiger partial charge < -0.3 is 9.64 Å². The Morgan fingerprint density at radius 2 is 2.04 bits per heavy atom. The zero-order valence-corrected chi connectivity index (χ0v) is 14.7. The largest absolute Gasteiger partial charge is 0.380 e. The average Bonchev–Trinajstić information content (AvgIpc) is 2.57. The summed E-state index contributed by atoms with van der Waals surface area (Å²) in [5.41, 5.74) is 2.42. The molecule has 0 radical (unpaired) electrons. The maximum absolute atomic E-state index is 9.50. The van der Waals surface area contributed by atoms with E-state index < -0.39 is 0 Å². The lowest BCUT2D eigenvalue weighted by atomic mass is 10.1. The standard InChI is InChI=1S/C17H27N5O/c1-5-15-12-22(8-7-21(15)9-10-23-6-2)17-16(11-18)13(3)14(4)19-20-17/h15H,5-10,12H2,1-4H3/t15-/m0/s1. The molecule has 23 heavy (non-hydrogen) atoms. The molecule has 2 heterocycles. The fourth-order valence-electron chi connectivity index (χ4n) is 3.04. The molecule has 0 amide bonds. The summed E-state index contributed by atoms with van der Waals surface area (Å²) in [6.45, 7) is 13.3. The summed E-state index contributed by atoms with van der Waals surface area (Å²) in [6.07, 6.45) is 1.07. The van der Waals surface area contributed by atoms with Gasteiger partial charge in [-0.15, -0.1) is 5.10 Å². The van der Waals surface area contributed by atoms with Crippen molar-refractivity contribution in [3.05, 3.63) is 16.8 Å². The summed E-state index contributed by atoms with van der Waals surface area (Å²) in [5.74, 6) is 0.735. The second-order valence-electron chi connectivity index (χ2n) is 5.96. The van der Waals surface area contributed by atoms with Gasteiger partial charge in [-0.1, -0.05) is 6.92 Å². The van der Waals surface area contributed by atoms with Crippen molar-refractivity contribution in [3.63, 3.8) is 0 Å². The van der Waals surface area contributed by atoms with Crippen LogP contribution in [-0.4, -0.2) is 60.5 Å². The van der Waals surface area contributed by atoms with Gasteiger partial charge >= 0.3 is 0 Å². The molecule has 0 N–H and O–H groups in total. The zero-order valence-electron chi connectivity index (χ0n) is 14.7. The Kier molecular flexibility index (Phi) is 6.31. The van der Waals surface area contributed by atoms with Crippen molar-refractivity contribution in [2.45, 2.75) is 40.2 Å². The lowest BCUT2D eigenvalue weighted by Gasteiger charge is -2.41. The van der Waals surface area contributed by atoms with E-state index in [0.29, 0.717) is 11.6 Å². The third-order valence-electron chi connectivity index (χ3n) is 4.65. The quantitative estimate of drug-likeness (QED) is 0.747. The Morgan fingerprint density at radius 1 is 1.26 bits per heavy atom. The molecule has 1 atom stereocenters. The molecule has 0 spiro atoms. The molecule has 1 aliphatic rings. The number of nitriles is 1. The van der Waals surface area contributed by atoms with E-state index in [1.165, 1.54) is 0 Å². The van der Waals surface area contributed by atoms with Crippen molar-refractivity contribution in [3.8, 4) is 6.07 Å². The second-order valence-corrected chi connectivity index (χ2v) is 5.96. The lowest BCUT2D eigenvalue weighted by Crippen LogP contribution is -2.54. The molecule has 0 bridgehead atoms. The van der Waals surface area contributed by atoms with Crippen molar-refractivity contribution >= 4 is 5.82 Å². The Labute approximate surface area is 139 Å². The molecular weight excluding hydrogens is 290 g/mol. The topological polar surface area (TPSA) is 65.3 Å². The molecule has 0 aromatic carbocycles. The van der Waals surface area contributed by atoms with Crippen molar-refractivity contribution in [2.75, 3.05) is 44.3 Å². The monoisotopic (exact) mass is 317 g/mol. The predicted molar refractivity (Wildman–Crippen MR) is 90.6 cm³/mol. The van der Waals surface area contributed by atoms with E-state index in [9.17, 15) is 5.26 Å². The van der Waals surface area contributed by atoms with Crippen molar-refractivity contribution < 1.29 is 4.74 Å². The highest BCUT2D eigenvalue weighted by molar-refractivity contribution is 5.57. The zero-order chi connectivity index (χ0) is 16.8. The molecule has 6 heteroatoms. The van der Waals surface area contributed by atoms with Gasteiger partial charge in [-0.3, -0.25) is 4.90 Å². The molecule has 2 rings (SSSR count). The molecule has 126 valence electrons. The van der Waals surface area contributed by atoms with Crippen LogP contribution in [0.5, 0.6) is 0 Å². The molecule has 1 fully saturated rings. The Morgan fingerprint density at radius 3 is 2.70 bits per heavy atom. The summed E-state index contributed by atoms with van der Waals surface area (Å²) in [6, 6.07) is 2.77. The third kappa shape index (κ3) is 3.98. The summed E-state index contributed by atoms with van der Waals surface area (Å²) in [4.78, 5) is 4.69. The van der Waals surface area contributed by atoms with Crippen LogP contribution in [0.3, 0.4) is 0 Å². The van der Waals surface area contributed by atoms with E-state index in [2.05, 4.69) is 33.0 Å². The van der Waals surface area contributed by atoms with Crippen molar-refractivity contribution in [1.82, 2.24) is 15.1 Å². The number of anilines is 1. The Balaban J connectivity index is 2.12. The second kappa shape index (κ2) is 8.23. The smallest absolute Gasteiger partial charge is 0.169 e. The number of piperazine rings is 1. The van der Waals surface area contributed by atoms with E-state index in [1.807, 2.05) is 20.8 Å². The molecule has 1 aromatic rings. The molecule has 0 aliphatic carbocycles. The van der Waals surface area contributed by atoms with Gasteiger partial charge in [0.25, 0.3) is 0 Å². The summed E-state index contributed by atoms with van der Waals surface area (Å²) < 4.78 is 5.49. The van der Waals surface area contributed by atoms with Crippen molar-refractivity contribution in [2.24, 2.45) is 0 Å². The minimum absolute atomic E-state index is 0.458. The first kappa shape index (κ1) is 17.6. The fourth-order valence-corrected chi connectivity index (χ4v) is 3.04. The molecule has 6 nitrogen and oxygen atoms in total. The van der Waals surface area contributed by atoms with Crippen molar-refractivity contribution in [1.29, 1.82) is 5.26 Å². The number of hydrogen-bond acceptors (Lipinski definition) is 6. The van der Waals surface area contributed by atoms with Crippen LogP contribution in [0.15, 0.2) is 0 Å². The molecule has 0 saturated carbocycles. The SMILES string of the molecule is CCOCCN1CCN(c2nnc(C)c(C)c2C#N)C[C@@H]1CC. The van der Waals surface area contributed by atoms with E-state index in [1.54, 1.807) is 0 Å². The van der Waals surface area contributed by atoms with E-state index in [4.69, 9.17) is 4.74 Å². The molecule has 1 saturated heterocycles. The van der Waals surface area contributed by atoms with Gasteiger partial charge in [0.2, 0.25) is 0 Å². The maximum atomic E-state index is 9.50. The number of nitrogens with zero attached hydrogens (tertiary/aromatic N) is 5. The first-order chi connectivity index (χ1) is 11.1. The molecular formula is C17H27N5O. The van der Waals surface area contributed by atoms with E-state index in [0.717, 1.165) is 62.9 Å². The fraction of sp³-hybridized carbons (Fsp3) is 0.706. The average molecular weight is 317 g/mol. The van der Waals surface area contributed by atoms with Gasteiger partial charge in [0.05, 0.1) is 12.3 Å². The van der Waals surface area contributed by atoms with Gasteiger partial charge in [-0.05, 0) is 32.8 Å². The van der Waals surface area contributed by atoms with E-state index >= 15 is 0 Å². The molecule has 1 aromatic heterocycles. The maximum Gasteiger partial charge on any atom is 0.169 e. The minimum atomic E-state index is 0.458. The summed E-state index contributed by atoms with van der Waals surface area (Å²) >= 11 is 0. The number of hydrogen-bond donors (Lipinski definition) is 0. The van der Waals surface area contributed by atoms with Gasteiger partial charge in [-0.2, -0.15) is 10.4 Å². The molecule has 1 aliphatic heterocycles.